The van der Waals surface area contributed by atoms with E-state index in [9.17, 15) is 9.59 Å². The van der Waals surface area contributed by atoms with Gasteiger partial charge in [0.2, 0.25) is 11.8 Å². The molecule has 2 heterocycles. The molecule has 2 aromatic heterocycles. The van der Waals surface area contributed by atoms with Crippen molar-refractivity contribution in [2.75, 3.05) is 0 Å². The van der Waals surface area contributed by atoms with Crippen molar-refractivity contribution in [2.24, 2.45) is 0 Å². The molecular formula is C24H25N5O5. The number of ether oxygens (including phenoxy) is 1. The highest BCUT2D eigenvalue weighted by Gasteiger charge is 2.31. The van der Waals surface area contributed by atoms with Crippen molar-refractivity contribution in [2.45, 2.75) is 38.5 Å². The minimum absolute atomic E-state index is 0.0771. The number of carboxylic acid groups (broad SMARTS) is 1. The molecule has 2 aromatic carbocycles. The molecule has 0 radical (unpaired) electrons. The lowest BCUT2D eigenvalue weighted by Gasteiger charge is -2.20. The molecule has 0 bridgehead atoms. The maximum atomic E-state index is 12.6. The van der Waals surface area contributed by atoms with Crippen LogP contribution in [-0.2, 0) is 23.3 Å². The highest BCUT2D eigenvalue weighted by Crippen LogP contribution is 2.26. The third-order valence-corrected chi connectivity index (χ3v) is 5.30. The standard InChI is InChI=1S/C24H25N5O5/c1-24(2,27-22(30)31)21-29-28-20(34-21)19(12-16-13-25-18-11-7-6-10-17(16)18)26-23(32)33-14-15-8-4-3-5-9-15/h3-11,13,19,25,27H,12,14H2,1-2H3,(H,26,32)(H,30,31)/t19-/m0/s1. The number of alkyl carbamates (subject to hydrolysis) is 1. The minimum Gasteiger partial charge on any atom is -0.465 e. The third-order valence-electron chi connectivity index (χ3n) is 5.30. The maximum absolute atomic E-state index is 12.6. The summed E-state index contributed by atoms with van der Waals surface area (Å²) in [5.41, 5.74) is 1.64. The predicted octanol–water partition coefficient (Wildman–Crippen LogP) is 4.26. The van der Waals surface area contributed by atoms with Gasteiger partial charge in [-0.2, -0.15) is 0 Å². The van der Waals surface area contributed by atoms with Crippen molar-refractivity contribution in [3.8, 4) is 0 Å². The Bertz CT molecular complexity index is 1280. The zero-order valence-electron chi connectivity index (χ0n) is 18.7. The molecule has 4 N–H and O–H groups in total. The Kier molecular flexibility index (Phi) is 6.48. The number of nitrogens with one attached hydrogen (secondary N) is 3. The summed E-state index contributed by atoms with van der Waals surface area (Å²) < 4.78 is 11.2. The van der Waals surface area contributed by atoms with E-state index >= 15 is 0 Å². The number of nitrogens with zero attached hydrogens (tertiary/aromatic N) is 2. The van der Waals surface area contributed by atoms with Crippen LogP contribution in [0.25, 0.3) is 10.9 Å². The number of carbonyl (C=O) groups excluding carboxylic acids is 1. The van der Waals surface area contributed by atoms with Crippen molar-refractivity contribution in [1.29, 1.82) is 0 Å². The number of aromatic nitrogens is 3. The largest absolute Gasteiger partial charge is 0.465 e. The molecule has 10 nitrogen and oxygen atoms in total. The number of benzene rings is 2. The molecule has 0 unspecified atom stereocenters. The van der Waals surface area contributed by atoms with E-state index in [-0.39, 0.29) is 18.4 Å². The molecule has 0 fully saturated rings. The van der Waals surface area contributed by atoms with Crippen LogP contribution in [0, 0.1) is 0 Å². The zero-order valence-corrected chi connectivity index (χ0v) is 18.7. The molecule has 2 amide bonds. The Morgan fingerprint density at radius 2 is 1.85 bits per heavy atom. The van der Waals surface area contributed by atoms with Gasteiger partial charge in [0.25, 0.3) is 0 Å². The minimum atomic E-state index is -1.22. The first-order valence-corrected chi connectivity index (χ1v) is 10.7. The molecule has 4 aromatic rings. The summed E-state index contributed by atoms with van der Waals surface area (Å²) in [6.07, 6.45) is 0.347. The second-order valence-electron chi connectivity index (χ2n) is 8.32. The van der Waals surface area contributed by atoms with Crippen molar-refractivity contribution >= 4 is 23.1 Å². The van der Waals surface area contributed by atoms with Gasteiger partial charge in [-0.1, -0.05) is 48.5 Å². The fourth-order valence-electron chi connectivity index (χ4n) is 3.58. The molecule has 0 spiro atoms. The highest BCUT2D eigenvalue weighted by molar-refractivity contribution is 5.83. The van der Waals surface area contributed by atoms with Crippen molar-refractivity contribution < 1.29 is 23.8 Å². The predicted molar refractivity (Wildman–Crippen MR) is 123 cm³/mol. The van der Waals surface area contributed by atoms with Gasteiger partial charge in [0, 0.05) is 23.5 Å². The van der Waals surface area contributed by atoms with E-state index in [0.717, 1.165) is 22.0 Å². The SMILES string of the molecule is CC(C)(NC(=O)O)c1nnc([C@H](Cc2c[nH]c3ccccc23)NC(=O)OCc2ccccc2)o1. The normalized spacial score (nSPS) is 12.3. The van der Waals surface area contributed by atoms with Crippen LogP contribution in [0.5, 0.6) is 0 Å². The van der Waals surface area contributed by atoms with Crippen molar-refractivity contribution in [1.82, 2.24) is 25.8 Å². The average Bonchev–Trinajstić information content (AvgIpc) is 3.46. The van der Waals surface area contributed by atoms with Gasteiger partial charge in [-0.3, -0.25) is 0 Å². The summed E-state index contributed by atoms with van der Waals surface area (Å²) in [5.74, 6) is 0.213. The average molecular weight is 463 g/mol. The van der Waals surface area contributed by atoms with Crippen LogP contribution in [0.15, 0.2) is 65.2 Å². The number of hydrogen-bond donors (Lipinski definition) is 4. The highest BCUT2D eigenvalue weighted by atomic mass is 16.5. The molecule has 4 rings (SSSR count). The quantitative estimate of drug-likeness (QED) is 0.306. The Balaban J connectivity index is 1.56. The fraction of sp³-hybridized carbons (Fsp3) is 0.250. The molecule has 0 saturated heterocycles. The third kappa shape index (κ3) is 5.34. The summed E-state index contributed by atoms with van der Waals surface area (Å²) in [6, 6.07) is 16.4. The Morgan fingerprint density at radius 3 is 2.62 bits per heavy atom. The zero-order chi connectivity index (χ0) is 24.1. The number of fused-ring (bicyclic) bond motifs is 1. The van der Waals surface area contributed by atoms with E-state index in [1.165, 1.54) is 0 Å². The van der Waals surface area contributed by atoms with E-state index < -0.39 is 23.8 Å². The van der Waals surface area contributed by atoms with Crippen LogP contribution in [0.3, 0.4) is 0 Å². The number of para-hydroxylation sites is 1. The number of carbonyl (C=O) groups is 2. The maximum Gasteiger partial charge on any atom is 0.408 e. The van der Waals surface area contributed by atoms with Crippen LogP contribution < -0.4 is 10.6 Å². The lowest BCUT2D eigenvalue weighted by atomic mass is 10.0. The van der Waals surface area contributed by atoms with Gasteiger partial charge in [-0.15, -0.1) is 10.2 Å². The smallest absolute Gasteiger partial charge is 0.408 e. The monoisotopic (exact) mass is 463 g/mol. The number of rotatable bonds is 8. The fourth-order valence-corrected chi connectivity index (χ4v) is 3.58. The van der Waals surface area contributed by atoms with Gasteiger partial charge < -0.3 is 29.9 Å². The van der Waals surface area contributed by atoms with Gasteiger partial charge in [-0.05, 0) is 31.0 Å². The number of aromatic amines is 1. The van der Waals surface area contributed by atoms with Crippen LogP contribution in [0.4, 0.5) is 9.59 Å². The Hall–Kier alpha value is -4.34. The number of hydrogen-bond acceptors (Lipinski definition) is 6. The van der Waals surface area contributed by atoms with Gasteiger partial charge in [-0.25, -0.2) is 9.59 Å². The van der Waals surface area contributed by atoms with E-state index in [0.29, 0.717) is 6.42 Å². The molecule has 34 heavy (non-hydrogen) atoms. The summed E-state index contributed by atoms with van der Waals surface area (Å²) in [5, 5.41) is 23.3. The molecule has 0 aliphatic carbocycles. The molecule has 0 saturated carbocycles. The first-order chi connectivity index (χ1) is 16.3. The first kappa shape index (κ1) is 22.8. The lowest BCUT2D eigenvalue weighted by molar-refractivity contribution is 0.133. The van der Waals surface area contributed by atoms with Gasteiger partial charge in [0.1, 0.15) is 18.2 Å². The van der Waals surface area contributed by atoms with E-state index in [1.54, 1.807) is 13.8 Å². The van der Waals surface area contributed by atoms with Crippen molar-refractivity contribution in [3.63, 3.8) is 0 Å². The van der Waals surface area contributed by atoms with Crippen LogP contribution >= 0.6 is 0 Å². The molecule has 10 heteroatoms. The number of H-pyrrole nitrogens is 1. The van der Waals surface area contributed by atoms with E-state index in [1.807, 2.05) is 60.8 Å². The second kappa shape index (κ2) is 9.65. The molecular weight excluding hydrogens is 438 g/mol. The van der Waals surface area contributed by atoms with Crippen LogP contribution in [-0.4, -0.2) is 32.5 Å². The summed E-state index contributed by atoms with van der Waals surface area (Å²) in [7, 11) is 0. The Labute approximate surface area is 195 Å². The van der Waals surface area contributed by atoms with Gasteiger partial charge in [0.15, 0.2) is 0 Å². The van der Waals surface area contributed by atoms with Crippen LogP contribution in [0.2, 0.25) is 0 Å². The van der Waals surface area contributed by atoms with Gasteiger partial charge >= 0.3 is 12.2 Å². The molecule has 0 aliphatic rings. The second-order valence-corrected chi connectivity index (χ2v) is 8.32. The number of amides is 2. The van der Waals surface area contributed by atoms with E-state index in [2.05, 4.69) is 25.8 Å². The topological polar surface area (TPSA) is 142 Å². The Morgan fingerprint density at radius 1 is 1.12 bits per heavy atom. The molecule has 176 valence electrons. The lowest BCUT2D eigenvalue weighted by Crippen LogP contribution is -2.40. The summed E-state index contributed by atoms with van der Waals surface area (Å²) in [4.78, 5) is 27.0. The first-order valence-electron chi connectivity index (χ1n) is 10.7. The summed E-state index contributed by atoms with van der Waals surface area (Å²) >= 11 is 0. The van der Waals surface area contributed by atoms with Crippen molar-refractivity contribution in [3.05, 3.63) is 83.7 Å². The van der Waals surface area contributed by atoms with Crippen LogP contribution in [0.1, 0.15) is 42.8 Å². The molecule has 0 aliphatic heterocycles. The molecule has 1 atom stereocenters. The summed E-state index contributed by atoms with van der Waals surface area (Å²) in [6.45, 7) is 3.32. The van der Waals surface area contributed by atoms with E-state index in [4.69, 9.17) is 14.3 Å². The van der Waals surface area contributed by atoms with Gasteiger partial charge in [0.05, 0.1) is 0 Å².